The molecule has 0 atom stereocenters. The molecule has 0 spiro atoms. The van der Waals surface area contributed by atoms with Gasteiger partial charge < -0.3 is 4.90 Å². The van der Waals surface area contributed by atoms with Gasteiger partial charge in [-0.3, -0.25) is 0 Å². The van der Waals surface area contributed by atoms with Crippen molar-refractivity contribution in [3.05, 3.63) is 0 Å². The van der Waals surface area contributed by atoms with Crippen LogP contribution in [0.1, 0.15) is 51.4 Å². The first-order valence-electron chi connectivity index (χ1n) is 7.00. The molecule has 1 saturated heterocycles. The van der Waals surface area contributed by atoms with Gasteiger partial charge in [0.25, 0.3) is 0 Å². The maximum absolute atomic E-state index is 11.5. The monoisotopic (exact) mass is 259 g/mol. The SMILES string of the molecule is CS(=O)(=O)C1CCN(C2CCCCCC2)CC1. The fourth-order valence-corrected chi connectivity index (χ4v) is 4.36. The lowest BCUT2D eigenvalue weighted by Gasteiger charge is -2.36. The quantitative estimate of drug-likeness (QED) is 0.714. The van der Waals surface area contributed by atoms with Gasteiger partial charge in [-0.1, -0.05) is 25.7 Å². The maximum atomic E-state index is 11.5. The van der Waals surface area contributed by atoms with Crippen LogP contribution in [0.5, 0.6) is 0 Å². The van der Waals surface area contributed by atoms with E-state index in [0.29, 0.717) is 0 Å². The Balaban J connectivity index is 1.85. The Morgan fingerprint density at radius 2 is 1.41 bits per heavy atom. The molecule has 0 aromatic heterocycles. The highest BCUT2D eigenvalue weighted by molar-refractivity contribution is 7.91. The summed E-state index contributed by atoms with van der Waals surface area (Å²) in [6, 6.07) is 0.734. The molecule has 1 aliphatic heterocycles. The fourth-order valence-electron chi connectivity index (χ4n) is 3.29. The van der Waals surface area contributed by atoms with Crippen LogP contribution in [0.2, 0.25) is 0 Å². The summed E-state index contributed by atoms with van der Waals surface area (Å²) >= 11 is 0. The van der Waals surface area contributed by atoms with Crippen molar-refractivity contribution in [1.82, 2.24) is 4.90 Å². The number of piperidine rings is 1. The van der Waals surface area contributed by atoms with Crippen LogP contribution >= 0.6 is 0 Å². The van der Waals surface area contributed by atoms with Gasteiger partial charge in [0.2, 0.25) is 0 Å². The number of hydrogen-bond acceptors (Lipinski definition) is 3. The van der Waals surface area contributed by atoms with E-state index < -0.39 is 9.84 Å². The standard InChI is InChI=1S/C13H25NO2S/c1-17(15,16)13-8-10-14(11-9-13)12-6-4-2-3-5-7-12/h12-13H,2-11H2,1H3. The number of likely N-dealkylation sites (tertiary alicyclic amines) is 1. The molecule has 2 fully saturated rings. The molecule has 0 N–H and O–H groups in total. The van der Waals surface area contributed by atoms with E-state index in [-0.39, 0.29) is 5.25 Å². The zero-order valence-electron chi connectivity index (χ0n) is 10.9. The Morgan fingerprint density at radius 3 is 1.88 bits per heavy atom. The van der Waals surface area contributed by atoms with Crippen LogP contribution in [-0.2, 0) is 9.84 Å². The minimum Gasteiger partial charge on any atom is -0.300 e. The first kappa shape index (κ1) is 13.3. The number of nitrogens with zero attached hydrogens (tertiary/aromatic N) is 1. The molecule has 1 aliphatic carbocycles. The summed E-state index contributed by atoms with van der Waals surface area (Å²) in [7, 11) is -2.81. The van der Waals surface area contributed by atoms with Gasteiger partial charge in [-0.15, -0.1) is 0 Å². The molecule has 17 heavy (non-hydrogen) atoms. The van der Waals surface area contributed by atoms with Crippen molar-refractivity contribution in [3.8, 4) is 0 Å². The Kier molecular flexibility index (Phi) is 4.47. The van der Waals surface area contributed by atoms with Crippen LogP contribution in [0.25, 0.3) is 0 Å². The second-order valence-corrected chi connectivity index (χ2v) is 8.04. The zero-order chi connectivity index (χ0) is 12.3. The van der Waals surface area contributed by atoms with E-state index >= 15 is 0 Å². The van der Waals surface area contributed by atoms with Gasteiger partial charge in [-0.2, -0.15) is 0 Å². The van der Waals surface area contributed by atoms with Crippen LogP contribution in [0.15, 0.2) is 0 Å². The van der Waals surface area contributed by atoms with Crippen LogP contribution in [0.3, 0.4) is 0 Å². The van der Waals surface area contributed by atoms with E-state index in [1.54, 1.807) is 0 Å². The summed E-state index contributed by atoms with van der Waals surface area (Å²) in [4.78, 5) is 2.55. The van der Waals surface area contributed by atoms with E-state index in [9.17, 15) is 8.42 Å². The van der Waals surface area contributed by atoms with E-state index in [2.05, 4.69) is 4.90 Å². The predicted octanol–water partition coefficient (Wildman–Crippen LogP) is 2.22. The molecule has 0 unspecified atom stereocenters. The van der Waals surface area contributed by atoms with Crippen molar-refractivity contribution in [1.29, 1.82) is 0 Å². The fraction of sp³-hybridized carbons (Fsp3) is 1.00. The number of hydrogen-bond donors (Lipinski definition) is 0. The van der Waals surface area contributed by atoms with Crippen molar-refractivity contribution in [2.45, 2.75) is 62.7 Å². The summed E-state index contributed by atoms with van der Waals surface area (Å²) in [5.41, 5.74) is 0. The number of sulfone groups is 1. The third kappa shape index (κ3) is 3.68. The minimum atomic E-state index is -2.81. The second kappa shape index (κ2) is 5.70. The largest absolute Gasteiger partial charge is 0.300 e. The molecule has 0 bridgehead atoms. The molecule has 2 aliphatic rings. The van der Waals surface area contributed by atoms with E-state index in [1.807, 2.05) is 0 Å². The second-order valence-electron chi connectivity index (χ2n) is 5.71. The molecule has 1 heterocycles. The lowest BCUT2D eigenvalue weighted by atomic mass is 10.0. The third-order valence-corrected chi connectivity index (χ3v) is 6.11. The predicted molar refractivity (Wildman–Crippen MR) is 70.9 cm³/mol. The molecule has 3 nitrogen and oxygen atoms in total. The highest BCUT2D eigenvalue weighted by atomic mass is 32.2. The lowest BCUT2D eigenvalue weighted by Crippen LogP contribution is -2.44. The summed E-state index contributed by atoms with van der Waals surface area (Å²) in [5.74, 6) is 0. The third-order valence-electron chi connectivity index (χ3n) is 4.42. The highest BCUT2D eigenvalue weighted by Crippen LogP contribution is 2.26. The average Bonchev–Trinajstić information content (AvgIpc) is 2.56. The summed E-state index contributed by atoms with van der Waals surface area (Å²) in [6.45, 7) is 1.98. The first-order valence-corrected chi connectivity index (χ1v) is 8.96. The lowest BCUT2D eigenvalue weighted by molar-refractivity contribution is 0.150. The van der Waals surface area contributed by atoms with E-state index in [0.717, 1.165) is 32.0 Å². The smallest absolute Gasteiger partial charge is 0.150 e. The molecular formula is C13H25NO2S. The topological polar surface area (TPSA) is 37.4 Å². The summed E-state index contributed by atoms with van der Waals surface area (Å²) < 4.78 is 23.0. The van der Waals surface area contributed by atoms with Gasteiger partial charge in [0.15, 0.2) is 0 Å². The normalized spacial score (nSPS) is 26.9. The average molecular weight is 259 g/mol. The Hall–Kier alpha value is -0.0900. The maximum Gasteiger partial charge on any atom is 0.150 e. The molecule has 4 heteroatoms. The summed E-state index contributed by atoms with van der Waals surface area (Å²) in [5, 5.41) is -0.0791. The van der Waals surface area contributed by atoms with Crippen LogP contribution in [-0.4, -0.2) is 44.0 Å². The molecule has 1 saturated carbocycles. The Labute approximate surface area is 105 Å². The molecule has 0 aromatic rings. The molecule has 100 valence electrons. The molecule has 2 rings (SSSR count). The van der Waals surface area contributed by atoms with Crippen molar-refractivity contribution in [3.63, 3.8) is 0 Å². The summed E-state index contributed by atoms with van der Waals surface area (Å²) in [6.07, 6.45) is 11.2. The van der Waals surface area contributed by atoms with Crippen molar-refractivity contribution in [2.24, 2.45) is 0 Å². The van der Waals surface area contributed by atoms with Gasteiger partial charge in [0.05, 0.1) is 5.25 Å². The highest BCUT2D eigenvalue weighted by Gasteiger charge is 2.29. The minimum absolute atomic E-state index is 0.0791. The Morgan fingerprint density at radius 1 is 0.882 bits per heavy atom. The van der Waals surface area contributed by atoms with Gasteiger partial charge in [-0.05, 0) is 38.8 Å². The first-order chi connectivity index (χ1) is 8.07. The molecular weight excluding hydrogens is 234 g/mol. The van der Waals surface area contributed by atoms with Gasteiger partial charge in [0, 0.05) is 12.3 Å². The molecule has 0 aromatic carbocycles. The van der Waals surface area contributed by atoms with Crippen molar-refractivity contribution >= 4 is 9.84 Å². The van der Waals surface area contributed by atoms with Gasteiger partial charge in [-0.25, -0.2) is 8.42 Å². The van der Waals surface area contributed by atoms with Gasteiger partial charge in [0.1, 0.15) is 9.84 Å². The molecule has 0 radical (unpaired) electrons. The van der Waals surface area contributed by atoms with E-state index in [1.165, 1.54) is 44.8 Å². The van der Waals surface area contributed by atoms with Crippen molar-refractivity contribution < 1.29 is 8.42 Å². The number of rotatable bonds is 2. The van der Waals surface area contributed by atoms with Gasteiger partial charge >= 0.3 is 0 Å². The van der Waals surface area contributed by atoms with Crippen LogP contribution in [0, 0.1) is 0 Å². The zero-order valence-corrected chi connectivity index (χ0v) is 11.7. The molecule has 0 amide bonds. The van der Waals surface area contributed by atoms with Crippen LogP contribution < -0.4 is 0 Å². The Bertz CT molecular complexity index is 323. The van der Waals surface area contributed by atoms with Crippen LogP contribution in [0.4, 0.5) is 0 Å². The van der Waals surface area contributed by atoms with Crippen molar-refractivity contribution in [2.75, 3.05) is 19.3 Å². The van der Waals surface area contributed by atoms with E-state index in [4.69, 9.17) is 0 Å².